The van der Waals surface area contributed by atoms with E-state index < -0.39 is 6.04 Å². The third kappa shape index (κ3) is 8.08. The van der Waals surface area contributed by atoms with Gasteiger partial charge in [0.05, 0.1) is 5.75 Å². The van der Waals surface area contributed by atoms with Gasteiger partial charge in [0.1, 0.15) is 6.04 Å². The lowest BCUT2D eigenvalue weighted by Crippen LogP contribution is -2.51. The molecule has 0 saturated heterocycles. The van der Waals surface area contributed by atoms with Crippen LogP contribution >= 0.6 is 35.0 Å². The molecule has 0 saturated carbocycles. The van der Waals surface area contributed by atoms with Gasteiger partial charge in [-0.05, 0) is 47.9 Å². The fourth-order valence-corrected chi connectivity index (χ4v) is 4.93. The van der Waals surface area contributed by atoms with Crippen molar-refractivity contribution in [3.63, 3.8) is 0 Å². The molecule has 3 aromatic rings. The van der Waals surface area contributed by atoms with E-state index in [1.165, 1.54) is 11.8 Å². The van der Waals surface area contributed by atoms with Crippen LogP contribution in [0, 0.1) is 0 Å². The van der Waals surface area contributed by atoms with E-state index in [4.69, 9.17) is 23.2 Å². The van der Waals surface area contributed by atoms with Crippen LogP contribution in [0.15, 0.2) is 78.9 Å². The van der Waals surface area contributed by atoms with Gasteiger partial charge in [0, 0.05) is 35.3 Å². The second kappa shape index (κ2) is 13.4. The molecule has 3 rings (SSSR count). The van der Waals surface area contributed by atoms with E-state index in [1.54, 1.807) is 11.0 Å². The van der Waals surface area contributed by atoms with Crippen molar-refractivity contribution < 1.29 is 9.59 Å². The highest BCUT2D eigenvalue weighted by atomic mass is 35.5. The number of nitrogens with zero attached hydrogens (tertiary/aromatic N) is 1. The van der Waals surface area contributed by atoms with Crippen LogP contribution < -0.4 is 5.32 Å². The number of carbonyl (C=O) groups excluding carboxylic acids is 2. The molecule has 0 spiro atoms. The van der Waals surface area contributed by atoms with E-state index in [9.17, 15) is 9.59 Å². The maximum Gasteiger partial charge on any atom is 0.243 e. The Hall–Kier alpha value is -2.47. The Morgan fingerprint density at radius 2 is 1.50 bits per heavy atom. The van der Waals surface area contributed by atoms with Crippen LogP contribution in [0.5, 0.6) is 0 Å². The number of rotatable bonds is 11. The number of amides is 2. The minimum Gasteiger partial charge on any atom is -0.355 e. The molecular formula is C27H28Cl2N2O2S. The predicted octanol–water partition coefficient (Wildman–Crippen LogP) is 6.00. The quantitative estimate of drug-likeness (QED) is 0.341. The van der Waals surface area contributed by atoms with Gasteiger partial charge in [-0.15, -0.1) is 11.8 Å². The zero-order chi connectivity index (χ0) is 24.3. The monoisotopic (exact) mass is 514 g/mol. The summed E-state index contributed by atoms with van der Waals surface area (Å²) in [4.78, 5) is 28.3. The van der Waals surface area contributed by atoms with Gasteiger partial charge in [0.2, 0.25) is 11.8 Å². The van der Waals surface area contributed by atoms with Crippen LogP contribution in [0.2, 0.25) is 10.0 Å². The molecule has 7 heteroatoms. The summed E-state index contributed by atoms with van der Waals surface area (Å²) in [5.41, 5.74) is 2.92. The third-order valence-electron chi connectivity index (χ3n) is 5.25. The van der Waals surface area contributed by atoms with Crippen LogP contribution in [-0.2, 0) is 28.3 Å². The number of halogens is 2. The van der Waals surface area contributed by atoms with Crippen molar-refractivity contribution in [1.82, 2.24) is 10.2 Å². The molecule has 4 nitrogen and oxygen atoms in total. The Morgan fingerprint density at radius 3 is 2.15 bits per heavy atom. The van der Waals surface area contributed by atoms with Crippen molar-refractivity contribution in [3.05, 3.63) is 106 Å². The second-order valence-corrected chi connectivity index (χ2v) is 9.73. The fourth-order valence-electron chi connectivity index (χ4n) is 3.64. The molecule has 2 amide bonds. The number of benzene rings is 3. The van der Waals surface area contributed by atoms with Gasteiger partial charge in [-0.3, -0.25) is 9.59 Å². The van der Waals surface area contributed by atoms with Crippen LogP contribution in [0.3, 0.4) is 0 Å². The number of carbonyl (C=O) groups is 2. The summed E-state index contributed by atoms with van der Waals surface area (Å²) >= 11 is 13.8. The molecule has 0 radical (unpaired) electrons. The van der Waals surface area contributed by atoms with Gasteiger partial charge < -0.3 is 10.2 Å². The van der Waals surface area contributed by atoms with Gasteiger partial charge in [0.25, 0.3) is 0 Å². The van der Waals surface area contributed by atoms with Crippen molar-refractivity contribution >= 4 is 46.8 Å². The SMILES string of the molecule is CCNC(=O)[C@@H](Cc1ccccc1)N(Cc1cccc(Cl)c1)C(=O)CSCc1cccc(Cl)c1. The van der Waals surface area contributed by atoms with Crippen LogP contribution in [0.4, 0.5) is 0 Å². The Labute approximate surface area is 215 Å². The summed E-state index contributed by atoms with van der Waals surface area (Å²) in [6.45, 7) is 2.67. The van der Waals surface area contributed by atoms with Gasteiger partial charge in [-0.25, -0.2) is 0 Å². The van der Waals surface area contributed by atoms with Gasteiger partial charge in [-0.2, -0.15) is 0 Å². The molecule has 0 aliphatic carbocycles. The molecule has 0 aromatic heterocycles. The average molecular weight is 516 g/mol. The smallest absolute Gasteiger partial charge is 0.243 e. The van der Waals surface area contributed by atoms with E-state index >= 15 is 0 Å². The zero-order valence-corrected chi connectivity index (χ0v) is 21.4. The van der Waals surface area contributed by atoms with Crippen LogP contribution in [0.1, 0.15) is 23.6 Å². The topological polar surface area (TPSA) is 49.4 Å². The summed E-state index contributed by atoms with van der Waals surface area (Å²) in [5, 5.41) is 4.17. The summed E-state index contributed by atoms with van der Waals surface area (Å²) in [6, 6.07) is 24.1. The normalized spacial score (nSPS) is 11.6. The van der Waals surface area contributed by atoms with Crippen LogP contribution in [-0.4, -0.2) is 35.1 Å². The highest BCUT2D eigenvalue weighted by Crippen LogP contribution is 2.21. The maximum atomic E-state index is 13.5. The Bertz CT molecular complexity index is 1090. The first-order chi connectivity index (χ1) is 16.5. The molecule has 0 aliphatic heterocycles. The summed E-state index contributed by atoms with van der Waals surface area (Å²) < 4.78 is 0. The molecule has 0 fully saturated rings. The number of likely N-dealkylation sites (N-methyl/N-ethyl adjacent to an activating group) is 1. The lowest BCUT2D eigenvalue weighted by Gasteiger charge is -2.31. The minimum atomic E-state index is -0.638. The average Bonchev–Trinajstić information content (AvgIpc) is 2.82. The van der Waals surface area contributed by atoms with E-state index in [0.29, 0.717) is 35.3 Å². The minimum absolute atomic E-state index is 0.0980. The lowest BCUT2D eigenvalue weighted by atomic mass is 10.0. The molecular weight excluding hydrogens is 487 g/mol. The molecule has 34 heavy (non-hydrogen) atoms. The molecule has 0 aliphatic rings. The predicted molar refractivity (Wildman–Crippen MR) is 142 cm³/mol. The standard InChI is InChI=1S/C27H28Cl2N2O2S/c1-2-30-27(33)25(16-20-8-4-3-5-9-20)31(17-21-10-6-12-23(28)14-21)26(32)19-34-18-22-11-7-13-24(29)15-22/h3-15,25H,2,16-19H2,1H3,(H,30,33)/t25-/m1/s1. The van der Waals surface area contributed by atoms with Gasteiger partial charge in [0.15, 0.2) is 0 Å². The Morgan fingerprint density at radius 1 is 0.882 bits per heavy atom. The molecule has 0 bridgehead atoms. The maximum absolute atomic E-state index is 13.5. The summed E-state index contributed by atoms with van der Waals surface area (Å²) in [6.07, 6.45) is 0.429. The Kier molecular flexibility index (Phi) is 10.3. The first kappa shape index (κ1) is 26.1. The molecule has 1 atom stereocenters. The summed E-state index contributed by atoms with van der Waals surface area (Å²) in [5.74, 6) is 0.639. The first-order valence-electron chi connectivity index (χ1n) is 11.1. The Balaban J connectivity index is 1.82. The highest BCUT2D eigenvalue weighted by molar-refractivity contribution is 7.99. The number of thioether (sulfide) groups is 1. The van der Waals surface area contributed by atoms with Gasteiger partial charge in [-0.1, -0.05) is 77.8 Å². The van der Waals surface area contributed by atoms with E-state index in [2.05, 4.69) is 5.32 Å². The third-order valence-corrected chi connectivity index (χ3v) is 6.71. The molecule has 178 valence electrons. The highest BCUT2D eigenvalue weighted by Gasteiger charge is 2.30. The molecule has 0 heterocycles. The van der Waals surface area contributed by atoms with E-state index in [0.717, 1.165) is 16.7 Å². The fraction of sp³-hybridized carbons (Fsp3) is 0.259. The first-order valence-corrected chi connectivity index (χ1v) is 13.0. The van der Waals surface area contributed by atoms with Crippen molar-refractivity contribution in [3.8, 4) is 0 Å². The molecule has 0 unspecified atom stereocenters. The lowest BCUT2D eigenvalue weighted by molar-refractivity contribution is -0.139. The van der Waals surface area contributed by atoms with E-state index in [1.807, 2.05) is 79.7 Å². The van der Waals surface area contributed by atoms with Crippen molar-refractivity contribution in [1.29, 1.82) is 0 Å². The summed E-state index contributed by atoms with van der Waals surface area (Å²) in [7, 11) is 0. The van der Waals surface area contributed by atoms with Crippen LogP contribution in [0.25, 0.3) is 0 Å². The number of nitrogens with one attached hydrogen (secondary N) is 1. The largest absolute Gasteiger partial charge is 0.355 e. The second-order valence-electron chi connectivity index (χ2n) is 7.87. The van der Waals surface area contributed by atoms with Crippen molar-refractivity contribution in [2.45, 2.75) is 31.7 Å². The number of hydrogen-bond donors (Lipinski definition) is 1. The molecule has 3 aromatic carbocycles. The van der Waals surface area contributed by atoms with Crippen molar-refractivity contribution in [2.75, 3.05) is 12.3 Å². The van der Waals surface area contributed by atoms with E-state index in [-0.39, 0.29) is 17.6 Å². The van der Waals surface area contributed by atoms with Crippen molar-refractivity contribution in [2.24, 2.45) is 0 Å². The zero-order valence-electron chi connectivity index (χ0n) is 19.0. The number of hydrogen-bond acceptors (Lipinski definition) is 3. The van der Waals surface area contributed by atoms with Gasteiger partial charge >= 0.3 is 0 Å². The molecule has 1 N–H and O–H groups in total.